The molecule has 3 nitrogen and oxygen atoms in total. The molecule has 0 spiro atoms. The third-order valence-electron chi connectivity index (χ3n) is 3.44. The molecule has 1 saturated carbocycles. The summed E-state index contributed by atoms with van der Waals surface area (Å²) in [5.41, 5.74) is 0. The highest BCUT2D eigenvalue weighted by Gasteiger charge is 2.26. The quantitative estimate of drug-likeness (QED) is 0.558. The van der Waals surface area contributed by atoms with Crippen molar-refractivity contribution >= 4 is 5.91 Å². The first-order chi connectivity index (χ1) is 8.77. The second kappa shape index (κ2) is 8.99. The van der Waals surface area contributed by atoms with E-state index in [0.717, 1.165) is 44.9 Å². The van der Waals surface area contributed by atoms with Crippen molar-refractivity contribution in [2.75, 3.05) is 6.61 Å². The molecule has 0 aromatic carbocycles. The molecule has 0 saturated heterocycles. The Kier molecular flexibility index (Phi) is 7.52. The van der Waals surface area contributed by atoms with Crippen LogP contribution in [0.5, 0.6) is 0 Å². The smallest absolute Gasteiger partial charge is 0.220 e. The lowest BCUT2D eigenvalue weighted by molar-refractivity contribution is -0.123. The Morgan fingerprint density at radius 3 is 2.89 bits per heavy atom. The number of carbonyl (C=O) groups excluding carboxylic acids is 1. The van der Waals surface area contributed by atoms with Gasteiger partial charge in [-0.3, -0.25) is 4.79 Å². The number of rotatable bonds is 7. The average molecular weight is 251 g/mol. The Labute approximate surface area is 111 Å². The standard InChI is InChI=1S/C15H25NO2/c1-3-5-6-11-15(17)16-13-9-7-8-10-14(13)18-12-4-2/h2,13-14H,3,5-12H2,1H3,(H,16,17). The summed E-state index contributed by atoms with van der Waals surface area (Å²) in [7, 11) is 0. The molecular formula is C15H25NO2. The number of terminal acetylenes is 1. The minimum atomic E-state index is 0.102. The largest absolute Gasteiger partial charge is 0.363 e. The Balaban J connectivity index is 2.32. The van der Waals surface area contributed by atoms with Crippen LogP contribution in [0.4, 0.5) is 0 Å². The van der Waals surface area contributed by atoms with Crippen LogP contribution >= 0.6 is 0 Å². The molecule has 18 heavy (non-hydrogen) atoms. The van der Waals surface area contributed by atoms with Crippen molar-refractivity contribution in [1.82, 2.24) is 5.32 Å². The molecule has 102 valence electrons. The van der Waals surface area contributed by atoms with Crippen molar-refractivity contribution in [3.8, 4) is 12.3 Å². The predicted octanol–water partition coefficient (Wildman–Crippen LogP) is 2.64. The van der Waals surface area contributed by atoms with Gasteiger partial charge in [-0.1, -0.05) is 38.5 Å². The van der Waals surface area contributed by atoms with Crippen LogP contribution in [0.2, 0.25) is 0 Å². The zero-order chi connectivity index (χ0) is 13.2. The van der Waals surface area contributed by atoms with Crippen LogP contribution in [-0.4, -0.2) is 24.7 Å². The van der Waals surface area contributed by atoms with Crippen LogP contribution in [0, 0.1) is 12.3 Å². The van der Waals surface area contributed by atoms with E-state index in [2.05, 4.69) is 18.2 Å². The zero-order valence-electron chi connectivity index (χ0n) is 11.4. The predicted molar refractivity (Wildman–Crippen MR) is 73.1 cm³/mol. The van der Waals surface area contributed by atoms with Gasteiger partial charge in [-0.25, -0.2) is 0 Å². The zero-order valence-corrected chi connectivity index (χ0v) is 11.4. The molecule has 0 radical (unpaired) electrons. The van der Waals surface area contributed by atoms with Crippen LogP contribution in [0.25, 0.3) is 0 Å². The Morgan fingerprint density at radius 2 is 2.17 bits per heavy atom. The first-order valence-corrected chi connectivity index (χ1v) is 7.12. The number of unbranched alkanes of at least 4 members (excludes halogenated alkanes) is 2. The van der Waals surface area contributed by atoms with Crippen LogP contribution in [0.15, 0.2) is 0 Å². The molecule has 3 heteroatoms. The summed E-state index contributed by atoms with van der Waals surface area (Å²) < 4.78 is 5.62. The third kappa shape index (κ3) is 5.55. The maximum Gasteiger partial charge on any atom is 0.220 e. The second-order valence-corrected chi connectivity index (χ2v) is 4.97. The molecule has 1 rings (SSSR count). The second-order valence-electron chi connectivity index (χ2n) is 4.97. The van der Waals surface area contributed by atoms with Gasteiger partial charge in [0.05, 0.1) is 12.1 Å². The Hall–Kier alpha value is -1.01. The molecule has 1 N–H and O–H groups in total. The van der Waals surface area contributed by atoms with Gasteiger partial charge in [-0.15, -0.1) is 6.42 Å². The van der Waals surface area contributed by atoms with Gasteiger partial charge in [-0.05, 0) is 19.3 Å². The van der Waals surface area contributed by atoms with E-state index in [1.54, 1.807) is 0 Å². The van der Waals surface area contributed by atoms with E-state index in [1.165, 1.54) is 0 Å². The van der Waals surface area contributed by atoms with Gasteiger partial charge in [0.25, 0.3) is 0 Å². The topological polar surface area (TPSA) is 38.3 Å². The van der Waals surface area contributed by atoms with Crippen molar-refractivity contribution in [2.24, 2.45) is 0 Å². The Morgan fingerprint density at radius 1 is 1.39 bits per heavy atom. The van der Waals surface area contributed by atoms with Gasteiger partial charge in [0.15, 0.2) is 0 Å². The van der Waals surface area contributed by atoms with Gasteiger partial charge >= 0.3 is 0 Å². The lowest BCUT2D eigenvalue weighted by atomic mass is 9.92. The number of ether oxygens (including phenoxy) is 1. The molecule has 0 heterocycles. The van der Waals surface area contributed by atoms with Crippen molar-refractivity contribution in [3.05, 3.63) is 0 Å². The summed E-state index contributed by atoms with van der Waals surface area (Å²) in [4.78, 5) is 11.8. The van der Waals surface area contributed by atoms with Crippen LogP contribution in [0.1, 0.15) is 58.3 Å². The number of hydrogen-bond acceptors (Lipinski definition) is 2. The van der Waals surface area contributed by atoms with Crippen LogP contribution in [0.3, 0.4) is 0 Å². The summed E-state index contributed by atoms with van der Waals surface area (Å²) in [5.74, 6) is 2.65. The molecule has 0 bridgehead atoms. The maximum absolute atomic E-state index is 11.8. The lowest BCUT2D eigenvalue weighted by Crippen LogP contribution is -2.46. The van der Waals surface area contributed by atoms with E-state index in [0.29, 0.717) is 13.0 Å². The molecule has 0 aliphatic heterocycles. The van der Waals surface area contributed by atoms with Crippen molar-refractivity contribution in [3.63, 3.8) is 0 Å². The van der Waals surface area contributed by atoms with E-state index in [-0.39, 0.29) is 18.1 Å². The molecule has 1 amide bonds. The number of hydrogen-bond donors (Lipinski definition) is 1. The van der Waals surface area contributed by atoms with Gasteiger partial charge in [0, 0.05) is 6.42 Å². The molecular weight excluding hydrogens is 226 g/mol. The minimum Gasteiger partial charge on any atom is -0.363 e. The summed E-state index contributed by atoms with van der Waals surface area (Å²) >= 11 is 0. The van der Waals surface area contributed by atoms with E-state index in [1.807, 2.05) is 0 Å². The molecule has 1 aliphatic rings. The van der Waals surface area contributed by atoms with E-state index in [4.69, 9.17) is 11.2 Å². The van der Waals surface area contributed by atoms with Gasteiger partial charge in [0.2, 0.25) is 5.91 Å². The van der Waals surface area contributed by atoms with E-state index in [9.17, 15) is 4.79 Å². The molecule has 1 fully saturated rings. The first kappa shape index (κ1) is 15.0. The SMILES string of the molecule is C#CCOC1CCCCC1NC(=O)CCCCC. The van der Waals surface area contributed by atoms with E-state index < -0.39 is 0 Å². The van der Waals surface area contributed by atoms with E-state index >= 15 is 0 Å². The van der Waals surface area contributed by atoms with Crippen LogP contribution < -0.4 is 5.32 Å². The highest BCUT2D eigenvalue weighted by Crippen LogP contribution is 2.21. The fraction of sp³-hybridized carbons (Fsp3) is 0.800. The monoisotopic (exact) mass is 251 g/mol. The van der Waals surface area contributed by atoms with Gasteiger partial charge in [-0.2, -0.15) is 0 Å². The summed E-state index contributed by atoms with van der Waals surface area (Å²) in [6, 6.07) is 0.154. The normalized spacial score (nSPS) is 23.3. The summed E-state index contributed by atoms with van der Waals surface area (Å²) in [5, 5.41) is 3.10. The fourth-order valence-corrected chi connectivity index (χ4v) is 2.43. The molecule has 0 aromatic rings. The summed E-state index contributed by atoms with van der Waals surface area (Å²) in [6.07, 6.45) is 13.5. The third-order valence-corrected chi connectivity index (χ3v) is 3.44. The molecule has 0 aromatic heterocycles. The average Bonchev–Trinajstić information content (AvgIpc) is 2.38. The van der Waals surface area contributed by atoms with Gasteiger partial charge < -0.3 is 10.1 Å². The lowest BCUT2D eigenvalue weighted by Gasteiger charge is -2.31. The van der Waals surface area contributed by atoms with Crippen LogP contribution in [-0.2, 0) is 9.53 Å². The number of carbonyl (C=O) groups is 1. The fourth-order valence-electron chi connectivity index (χ4n) is 2.43. The highest BCUT2D eigenvalue weighted by atomic mass is 16.5. The van der Waals surface area contributed by atoms with Crippen molar-refractivity contribution < 1.29 is 9.53 Å². The molecule has 2 unspecified atom stereocenters. The maximum atomic E-state index is 11.8. The number of nitrogens with one attached hydrogen (secondary N) is 1. The Bertz CT molecular complexity index is 283. The first-order valence-electron chi connectivity index (χ1n) is 7.12. The van der Waals surface area contributed by atoms with Gasteiger partial charge in [0.1, 0.15) is 6.61 Å². The minimum absolute atomic E-state index is 0.102. The highest BCUT2D eigenvalue weighted by molar-refractivity contribution is 5.76. The number of amides is 1. The van der Waals surface area contributed by atoms with Crippen molar-refractivity contribution in [2.45, 2.75) is 70.4 Å². The van der Waals surface area contributed by atoms with Crippen molar-refractivity contribution in [1.29, 1.82) is 0 Å². The summed E-state index contributed by atoms with van der Waals surface area (Å²) in [6.45, 7) is 2.48. The molecule has 2 atom stereocenters. The molecule has 1 aliphatic carbocycles.